The van der Waals surface area contributed by atoms with Crippen molar-refractivity contribution in [2.24, 2.45) is 0 Å². The van der Waals surface area contributed by atoms with Gasteiger partial charge in [-0.05, 0) is 17.9 Å². The molecule has 1 rings (SSSR count). The summed E-state index contributed by atoms with van der Waals surface area (Å²) in [5, 5.41) is 0. The van der Waals surface area contributed by atoms with Gasteiger partial charge in [-0.1, -0.05) is 50.6 Å². The number of unbranched alkanes of at least 4 members (excludes halogenated alkanes) is 1. The van der Waals surface area contributed by atoms with E-state index in [1.54, 1.807) is 0 Å². The number of ether oxygens (including phenoxy) is 1. The van der Waals surface area contributed by atoms with Crippen LogP contribution in [0.15, 0.2) is 30.3 Å². The number of esters is 1. The average molecular weight is 220 g/mol. The van der Waals surface area contributed by atoms with Crippen molar-refractivity contribution < 1.29 is 9.53 Å². The largest absolute Gasteiger partial charge is 0.466 e. The second-order valence-corrected chi connectivity index (χ2v) is 4.09. The highest BCUT2D eigenvalue weighted by Gasteiger charge is 2.11. The Labute approximate surface area is 97.6 Å². The van der Waals surface area contributed by atoms with Gasteiger partial charge in [-0.15, -0.1) is 0 Å². The Morgan fingerprint density at radius 3 is 2.62 bits per heavy atom. The molecule has 1 atom stereocenters. The highest BCUT2D eigenvalue weighted by Crippen LogP contribution is 2.18. The number of rotatable bonds is 6. The van der Waals surface area contributed by atoms with Crippen LogP contribution in [0.2, 0.25) is 0 Å². The fourth-order valence-corrected chi connectivity index (χ4v) is 1.54. The fourth-order valence-electron chi connectivity index (χ4n) is 1.54. The van der Waals surface area contributed by atoms with Crippen LogP contribution in [0.4, 0.5) is 0 Å². The van der Waals surface area contributed by atoms with Gasteiger partial charge in [0.05, 0.1) is 13.0 Å². The first-order chi connectivity index (χ1) is 7.74. The zero-order chi connectivity index (χ0) is 11.8. The maximum atomic E-state index is 11.5. The molecule has 0 saturated carbocycles. The van der Waals surface area contributed by atoms with E-state index in [2.05, 4.69) is 13.8 Å². The Kier molecular flexibility index (Phi) is 5.62. The quantitative estimate of drug-likeness (QED) is 0.541. The molecule has 0 aliphatic rings. The van der Waals surface area contributed by atoms with E-state index in [0.717, 1.165) is 12.8 Å². The summed E-state index contributed by atoms with van der Waals surface area (Å²) >= 11 is 0. The van der Waals surface area contributed by atoms with E-state index < -0.39 is 0 Å². The minimum absolute atomic E-state index is 0.0928. The molecule has 1 unspecified atom stereocenters. The van der Waals surface area contributed by atoms with Crippen LogP contribution >= 0.6 is 0 Å². The van der Waals surface area contributed by atoms with E-state index in [1.807, 2.05) is 30.3 Å². The molecule has 0 aliphatic carbocycles. The SMILES string of the molecule is CCCCOC(=O)CC(C)c1ccccc1. The van der Waals surface area contributed by atoms with Gasteiger partial charge >= 0.3 is 5.97 Å². The topological polar surface area (TPSA) is 26.3 Å². The van der Waals surface area contributed by atoms with E-state index in [1.165, 1.54) is 5.56 Å². The minimum Gasteiger partial charge on any atom is -0.466 e. The van der Waals surface area contributed by atoms with E-state index in [0.29, 0.717) is 13.0 Å². The lowest BCUT2D eigenvalue weighted by Gasteiger charge is -2.11. The predicted molar refractivity (Wildman–Crippen MR) is 65.3 cm³/mol. The maximum absolute atomic E-state index is 11.5. The average Bonchev–Trinajstić information content (AvgIpc) is 2.30. The molecule has 0 amide bonds. The zero-order valence-electron chi connectivity index (χ0n) is 10.1. The summed E-state index contributed by atoms with van der Waals surface area (Å²) < 4.78 is 5.14. The van der Waals surface area contributed by atoms with Gasteiger partial charge in [0.1, 0.15) is 0 Å². The van der Waals surface area contributed by atoms with Crippen LogP contribution in [0.3, 0.4) is 0 Å². The first-order valence-electron chi connectivity index (χ1n) is 5.94. The summed E-state index contributed by atoms with van der Waals surface area (Å²) in [6.07, 6.45) is 2.47. The number of carbonyl (C=O) groups is 1. The van der Waals surface area contributed by atoms with Crippen molar-refractivity contribution in [3.05, 3.63) is 35.9 Å². The maximum Gasteiger partial charge on any atom is 0.306 e. The molecule has 0 heterocycles. The van der Waals surface area contributed by atoms with Crippen LogP contribution in [0.1, 0.15) is 44.6 Å². The molecule has 1 aromatic rings. The molecule has 16 heavy (non-hydrogen) atoms. The van der Waals surface area contributed by atoms with Crippen LogP contribution in [-0.2, 0) is 9.53 Å². The van der Waals surface area contributed by atoms with Gasteiger partial charge in [0.25, 0.3) is 0 Å². The molecular weight excluding hydrogens is 200 g/mol. The van der Waals surface area contributed by atoms with Gasteiger partial charge in [0.15, 0.2) is 0 Å². The van der Waals surface area contributed by atoms with Crippen molar-refractivity contribution in [2.45, 2.75) is 39.0 Å². The van der Waals surface area contributed by atoms with Gasteiger partial charge in [-0.25, -0.2) is 0 Å². The van der Waals surface area contributed by atoms with E-state index in [4.69, 9.17) is 4.74 Å². The molecule has 2 nitrogen and oxygen atoms in total. The van der Waals surface area contributed by atoms with Crippen molar-refractivity contribution in [3.8, 4) is 0 Å². The molecule has 0 bridgehead atoms. The predicted octanol–water partition coefficient (Wildman–Crippen LogP) is 3.52. The van der Waals surface area contributed by atoms with Gasteiger partial charge < -0.3 is 4.74 Å². The molecule has 0 fully saturated rings. The molecule has 0 radical (unpaired) electrons. The Bertz CT molecular complexity index is 306. The first-order valence-corrected chi connectivity index (χ1v) is 5.94. The molecule has 0 aromatic heterocycles. The summed E-state index contributed by atoms with van der Waals surface area (Å²) in [6.45, 7) is 4.69. The first kappa shape index (κ1) is 12.8. The Morgan fingerprint density at radius 2 is 2.00 bits per heavy atom. The van der Waals surface area contributed by atoms with Crippen LogP contribution in [-0.4, -0.2) is 12.6 Å². The molecule has 1 aromatic carbocycles. The standard InChI is InChI=1S/C14H20O2/c1-3-4-10-16-14(15)11-12(2)13-8-6-5-7-9-13/h5-9,12H,3-4,10-11H2,1-2H3. The summed E-state index contributed by atoms with van der Waals surface area (Å²) in [7, 11) is 0. The monoisotopic (exact) mass is 220 g/mol. The van der Waals surface area contributed by atoms with Gasteiger partial charge in [0, 0.05) is 0 Å². The number of hydrogen-bond donors (Lipinski definition) is 0. The molecule has 88 valence electrons. The third kappa shape index (κ3) is 4.47. The number of carbonyl (C=O) groups excluding carboxylic acids is 1. The minimum atomic E-state index is -0.0928. The Hall–Kier alpha value is -1.31. The van der Waals surface area contributed by atoms with Crippen molar-refractivity contribution in [1.82, 2.24) is 0 Å². The van der Waals surface area contributed by atoms with Gasteiger partial charge in [-0.3, -0.25) is 4.79 Å². The third-order valence-corrected chi connectivity index (χ3v) is 2.60. The van der Waals surface area contributed by atoms with Crippen LogP contribution < -0.4 is 0 Å². The lowest BCUT2D eigenvalue weighted by Crippen LogP contribution is -2.09. The lowest BCUT2D eigenvalue weighted by molar-refractivity contribution is -0.144. The number of hydrogen-bond acceptors (Lipinski definition) is 2. The molecule has 0 spiro atoms. The van der Waals surface area contributed by atoms with Crippen molar-refractivity contribution in [2.75, 3.05) is 6.61 Å². The third-order valence-electron chi connectivity index (χ3n) is 2.60. The second kappa shape index (κ2) is 7.04. The Morgan fingerprint density at radius 1 is 1.31 bits per heavy atom. The molecule has 2 heteroatoms. The number of benzene rings is 1. The molecular formula is C14H20O2. The van der Waals surface area contributed by atoms with Crippen molar-refractivity contribution >= 4 is 5.97 Å². The van der Waals surface area contributed by atoms with Crippen LogP contribution in [0.5, 0.6) is 0 Å². The van der Waals surface area contributed by atoms with Crippen molar-refractivity contribution in [1.29, 1.82) is 0 Å². The normalized spacial score (nSPS) is 12.1. The summed E-state index contributed by atoms with van der Waals surface area (Å²) in [6, 6.07) is 10.1. The zero-order valence-corrected chi connectivity index (χ0v) is 10.1. The fraction of sp³-hybridized carbons (Fsp3) is 0.500. The summed E-state index contributed by atoms with van der Waals surface area (Å²) in [4.78, 5) is 11.5. The van der Waals surface area contributed by atoms with E-state index in [-0.39, 0.29) is 11.9 Å². The van der Waals surface area contributed by atoms with E-state index >= 15 is 0 Å². The molecule has 0 saturated heterocycles. The summed E-state index contributed by atoms with van der Waals surface area (Å²) in [5.41, 5.74) is 1.19. The molecule has 0 aliphatic heterocycles. The highest BCUT2D eigenvalue weighted by atomic mass is 16.5. The lowest BCUT2D eigenvalue weighted by atomic mass is 9.98. The summed E-state index contributed by atoms with van der Waals surface area (Å²) in [5.74, 6) is 0.139. The Balaban J connectivity index is 2.34. The van der Waals surface area contributed by atoms with Crippen LogP contribution in [0.25, 0.3) is 0 Å². The van der Waals surface area contributed by atoms with E-state index in [9.17, 15) is 4.79 Å². The second-order valence-electron chi connectivity index (χ2n) is 4.09. The highest BCUT2D eigenvalue weighted by molar-refractivity contribution is 5.70. The van der Waals surface area contributed by atoms with Crippen LogP contribution in [0, 0.1) is 0 Å². The van der Waals surface area contributed by atoms with Gasteiger partial charge in [-0.2, -0.15) is 0 Å². The molecule has 0 N–H and O–H groups in total. The van der Waals surface area contributed by atoms with Gasteiger partial charge in [0.2, 0.25) is 0 Å². The smallest absolute Gasteiger partial charge is 0.306 e. The van der Waals surface area contributed by atoms with Crippen molar-refractivity contribution in [3.63, 3.8) is 0 Å².